The Morgan fingerprint density at radius 2 is 1.89 bits per heavy atom. The number of morpholine rings is 1. The molecule has 0 spiro atoms. The Kier molecular flexibility index (Phi) is 8.57. The van der Waals surface area contributed by atoms with E-state index in [1.165, 1.54) is 11.3 Å². The molecule has 3 aromatic rings. The first kappa shape index (κ1) is 25.0. The van der Waals surface area contributed by atoms with Crippen molar-refractivity contribution in [3.63, 3.8) is 0 Å². The molecule has 0 bridgehead atoms. The lowest BCUT2D eigenvalue weighted by Gasteiger charge is -2.27. The molecule has 0 N–H and O–H groups in total. The average molecular weight is 498 g/mol. The second-order valence-electron chi connectivity index (χ2n) is 8.08. The van der Waals surface area contributed by atoms with Crippen LogP contribution in [0.15, 0.2) is 42.5 Å². The highest BCUT2D eigenvalue weighted by atomic mass is 32.1. The molecule has 1 fully saturated rings. The summed E-state index contributed by atoms with van der Waals surface area (Å²) in [5, 5.41) is 0.678. The third kappa shape index (κ3) is 6.30. The van der Waals surface area contributed by atoms with Gasteiger partial charge in [0, 0.05) is 38.3 Å². The first-order valence-corrected chi connectivity index (χ1v) is 12.4. The maximum absolute atomic E-state index is 13.4. The molecule has 8 nitrogen and oxygen atoms in total. The van der Waals surface area contributed by atoms with E-state index in [0.717, 1.165) is 60.8 Å². The fraction of sp³-hybridized carbons (Fsp3) is 0.385. The van der Waals surface area contributed by atoms with E-state index in [2.05, 4.69) is 4.90 Å². The standard InChI is InChI=1S/C26H31N3O5S/c1-31-20-7-9-24-21(18-20)27-26(35-24)29(12-4-11-28-13-15-34-16-14-28)25(30)10-6-19-5-8-22(32-2)23(17-19)33-3/h5-10,17-18H,4,11-16H2,1-3H3/b10-6+. The summed E-state index contributed by atoms with van der Waals surface area (Å²) in [4.78, 5) is 22.2. The first-order valence-electron chi connectivity index (χ1n) is 11.6. The van der Waals surface area contributed by atoms with Gasteiger partial charge < -0.3 is 18.9 Å². The number of aromatic nitrogens is 1. The number of anilines is 1. The molecule has 4 rings (SSSR count). The van der Waals surface area contributed by atoms with Crippen LogP contribution in [-0.2, 0) is 9.53 Å². The van der Waals surface area contributed by atoms with Crippen LogP contribution in [0.4, 0.5) is 5.13 Å². The molecular formula is C26H31N3O5S. The van der Waals surface area contributed by atoms with Gasteiger partial charge in [-0.1, -0.05) is 17.4 Å². The lowest BCUT2D eigenvalue weighted by atomic mass is 10.2. The second-order valence-corrected chi connectivity index (χ2v) is 9.08. The Balaban J connectivity index is 1.54. The number of carbonyl (C=O) groups is 1. The highest BCUT2D eigenvalue weighted by molar-refractivity contribution is 7.22. The minimum Gasteiger partial charge on any atom is -0.497 e. The largest absolute Gasteiger partial charge is 0.497 e. The van der Waals surface area contributed by atoms with E-state index >= 15 is 0 Å². The third-order valence-electron chi connectivity index (χ3n) is 5.87. The molecule has 9 heteroatoms. The Hall–Kier alpha value is -3.14. The van der Waals surface area contributed by atoms with Crippen LogP contribution in [0.2, 0.25) is 0 Å². The normalized spacial score (nSPS) is 14.4. The van der Waals surface area contributed by atoms with Crippen molar-refractivity contribution in [2.45, 2.75) is 6.42 Å². The van der Waals surface area contributed by atoms with Gasteiger partial charge in [-0.15, -0.1) is 0 Å². The summed E-state index contributed by atoms with van der Waals surface area (Å²) in [7, 11) is 4.82. The van der Waals surface area contributed by atoms with Gasteiger partial charge in [-0.2, -0.15) is 0 Å². The molecule has 1 aliphatic heterocycles. The molecule has 1 aliphatic rings. The number of nitrogens with zero attached hydrogens (tertiary/aromatic N) is 3. The zero-order valence-corrected chi connectivity index (χ0v) is 21.2. The molecule has 0 saturated carbocycles. The Bertz CT molecular complexity index is 1170. The number of fused-ring (bicyclic) bond motifs is 1. The van der Waals surface area contributed by atoms with E-state index in [-0.39, 0.29) is 5.91 Å². The summed E-state index contributed by atoms with van der Waals surface area (Å²) in [6.07, 6.45) is 4.22. The monoisotopic (exact) mass is 497 g/mol. The Labute approximate surface area is 209 Å². The lowest BCUT2D eigenvalue weighted by molar-refractivity contribution is -0.114. The lowest BCUT2D eigenvalue weighted by Crippen LogP contribution is -2.39. The van der Waals surface area contributed by atoms with E-state index in [0.29, 0.717) is 23.2 Å². The molecular weight excluding hydrogens is 466 g/mol. The van der Waals surface area contributed by atoms with E-state index in [1.807, 2.05) is 36.4 Å². The van der Waals surface area contributed by atoms with Crippen LogP contribution in [0.25, 0.3) is 16.3 Å². The van der Waals surface area contributed by atoms with Crippen molar-refractivity contribution < 1.29 is 23.7 Å². The predicted molar refractivity (Wildman–Crippen MR) is 139 cm³/mol. The van der Waals surface area contributed by atoms with Gasteiger partial charge in [-0.3, -0.25) is 14.6 Å². The summed E-state index contributed by atoms with van der Waals surface area (Å²) >= 11 is 1.51. The zero-order valence-electron chi connectivity index (χ0n) is 20.4. The fourth-order valence-electron chi connectivity index (χ4n) is 3.93. The van der Waals surface area contributed by atoms with Gasteiger partial charge in [0.2, 0.25) is 0 Å². The minimum absolute atomic E-state index is 0.118. The van der Waals surface area contributed by atoms with Crippen LogP contribution in [0.1, 0.15) is 12.0 Å². The minimum atomic E-state index is -0.118. The van der Waals surface area contributed by atoms with Crippen molar-refractivity contribution in [2.24, 2.45) is 0 Å². The zero-order chi connectivity index (χ0) is 24.6. The van der Waals surface area contributed by atoms with Gasteiger partial charge in [0.1, 0.15) is 5.75 Å². The van der Waals surface area contributed by atoms with Gasteiger partial charge >= 0.3 is 0 Å². The number of benzene rings is 2. The van der Waals surface area contributed by atoms with Crippen molar-refractivity contribution in [2.75, 3.05) is 65.6 Å². The van der Waals surface area contributed by atoms with Crippen LogP contribution in [0.5, 0.6) is 17.2 Å². The Morgan fingerprint density at radius 1 is 1.09 bits per heavy atom. The molecule has 0 aliphatic carbocycles. The summed E-state index contributed by atoms with van der Waals surface area (Å²) in [5.41, 5.74) is 1.66. The highest BCUT2D eigenvalue weighted by Gasteiger charge is 2.19. The van der Waals surface area contributed by atoms with Crippen LogP contribution >= 0.6 is 11.3 Å². The van der Waals surface area contributed by atoms with Crippen molar-refractivity contribution in [3.8, 4) is 17.2 Å². The van der Waals surface area contributed by atoms with E-state index in [1.54, 1.807) is 38.4 Å². The molecule has 2 heterocycles. The maximum Gasteiger partial charge on any atom is 0.252 e. The molecule has 1 aromatic heterocycles. The predicted octanol–water partition coefficient (Wildman–Crippen LogP) is 4.09. The van der Waals surface area contributed by atoms with Gasteiger partial charge in [0.05, 0.1) is 44.8 Å². The van der Waals surface area contributed by atoms with Crippen molar-refractivity contribution >= 4 is 38.7 Å². The number of amides is 1. The highest BCUT2D eigenvalue weighted by Crippen LogP contribution is 2.32. The van der Waals surface area contributed by atoms with E-state index in [9.17, 15) is 4.79 Å². The van der Waals surface area contributed by atoms with Gasteiger partial charge in [-0.05, 0) is 42.3 Å². The number of thiazole rings is 1. The molecule has 0 unspecified atom stereocenters. The topological polar surface area (TPSA) is 73.4 Å². The second kappa shape index (κ2) is 12.0. The third-order valence-corrected chi connectivity index (χ3v) is 6.93. The summed E-state index contributed by atoms with van der Waals surface area (Å²) < 4.78 is 22.5. The number of hydrogen-bond acceptors (Lipinski definition) is 8. The number of hydrogen-bond donors (Lipinski definition) is 0. The average Bonchev–Trinajstić information content (AvgIpc) is 3.33. The summed E-state index contributed by atoms with van der Waals surface area (Å²) in [5.74, 6) is 1.89. The van der Waals surface area contributed by atoms with Crippen molar-refractivity contribution in [3.05, 3.63) is 48.0 Å². The summed E-state index contributed by atoms with van der Waals surface area (Å²) in [6.45, 7) is 4.85. The van der Waals surface area contributed by atoms with Crippen LogP contribution < -0.4 is 19.1 Å². The smallest absolute Gasteiger partial charge is 0.252 e. The number of ether oxygens (including phenoxy) is 4. The van der Waals surface area contributed by atoms with Crippen LogP contribution in [0, 0.1) is 0 Å². The Morgan fingerprint density at radius 3 is 2.63 bits per heavy atom. The molecule has 2 aromatic carbocycles. The van der Waals surface area contributed by atoms with Gasteiger partial charge in [-0.25, -0.2) is 4.98 Å². The summed E-state index contributed by atoms with van der Waals surface area (Å²) in [6, 6.07) is 11.3. The number of carbonyl (C=O) groups excluding carboxylic acids is 1. The molecule has 186 valence electrons. The van der Waals surface area contributed by atoms with Crippen LogP contribution in [-0.4, -0.2) is 76.5 Å². The quantitative estimate of drug-likeness (QED) is 0.391. The maximum atomic E-state index is 13.4. The SMILES string of the molecule is COc1ccc2sc(N(CCCN3CCOCC3)C(=O)/C=C/c3ccc(OC)c(OC)c3)nc2c1. The number of rotatable bonds is 10. The number of methoxy groups -OCH3 is 3. The fourth-order valence-corrected chi connectivity index (χ4v) is 4.91. The van der Waals surface area contributed by atoms with Gasteiger partial charge in [0.15, 0.2) is 16.6 Å². The molecule has 1 amide bonds. The molecule has 0 atom stereocenters. The molecule has 0 radical (unpaired) electrons. The van der Waals surface area contributed by atoms with Gasteiger partial charge in [0.25, 0.3) is 5.91 Å². The van der Waals surface area contributed by atoms with Crippen molar-refractivity contribution in [1.82, 2.24) is 9.88 Å². The molecule has 35 heavy (non-hydrogen) atoms. The van der Waals surface area contributed by atoms with E-state index < -0.39 is 0 Å². The first-order chi connectivity index (χ1) is 17.1. The van der Waals surface area contributed by atoms with Crippen molar-refractivity contribution in [1.29, 1.82) is 0 Å². The van der Waals surface area contributed by atoms with Crippen LogP contribution in [0.3, 0.4) is 0 Å². The van der Waals surface area contributed by atoms with E-state index in [4.69, 9.17) is 23.9 Å². The molecule has 1 saturated heterocycles.